The number of rotatable bonds is 5. The number of halogens is 4. The second-order valence-electron chi connectivity index (χ2n) is 7.81. The van der Waals surface area contributed by atoms with E-state index in [0.717, 1.165) is 12.8 Å². The molecule has 0 bridgehead atoms. The third-order valence-electron chi connectivity index (χ3n) is 5.62. The van der Waals surface area contributed by atoms with Crippen LogP contribution in [0, 0.1) is 11.8 Å². The number of carbonyl (C=O) groups excluding carboxylic acids is 1. The van der Waals surface area contributed by atoms with Gasteiger partial charge in [-0.15, -0.1) is 10.2 Å². The van der Waals surface area contributed by atoms with Gasteiger partial charge in [0.2, 0.25) is 17.7 Å². The van der Waals surface area contributed by atoms with Gasteiger partial charge >= 0.3 is 6.18 Å². The van der Waals surface area contributed by atoms with Crippen LogP contribution in [0.5, 0.6) is 0 Å². The van der Waals surface area contributed by atoms with Crippen molar-refractivity contribution in [2.45, 2.75) is 57.3 Å². The van der Waals surface area contributed by atoms with Crippen molar-refractivity contribution in [2.75, 3.05) is 0 Å². The summed E-state index contributed by atoms with van der Waals surface area (Å²) in [5, 5.41) is 8.63. The van der Waals surface area contributed by atoms with Gasteiger partial charge in [-0.1, -0.05) is 18.0 Å². The first-order chi connectivity index (χ1) is 13.8. The Labute approximate surface area is 171 Å². The zero-order valence-electron chi connectivity index (χ0n) is 15.7. The van der Waals surface area contributed by atoms with Crippen molar-refractivity contribution in [3.05, 3.63) is 35.2 Å². The SMILES string of the molecule is O=C(C1CCCC(C(F)(F)F)C1)N(Cc1nnc(-c2ccc(Cl)cc2)o1)C1CC1. The third kappa shape index (κ3) is 4.74. The highest BCUT2D eigenvalue weighted by Gasteiger charge is 2.45. The second-order valence-corrected chi connectivity index (χ2v) is 8.24. The van der Waals surface area contributed by atoms with Crippen LogP contribution in [0.1, 0.15) is 44.4 Å². The van der Waals surface area contributed by atoms with Gasteiger partial charge in [0.1, 0.15) is 0 Å². The lowest BCUT2D eigenvalue weighted by molar-refractivity contribution is -0.187. The minimum Gasteiger partial charge on any atom is -0.419 e. The summed E-state index contributed by atoms with van der Waals surface area (Å²) in [5.41, 5.74) is 0.706. The molecule has 0 saturated heterocycles. The van der Waals surface area contributed by atoms with Crippen LogP contribution in [0.15, 0.2) is 28.7 Å². The number of aromatic nitrogens is 2. The van der Waals surface area contributed by atoms with E-state index in [1.807, 2.05) is 0 Å². The lowest BCUT2D eigenvalue weighted by Gasteiger charge is -2.33. The van der Waals surface area contributed by atoms with Crippen molar-refractivity contribution < 1.29 is 22.4 Å². The Morgan fingerprint density at radius 2 is 1.86 bits per heavy atom. The highest BCUT2D eigenvalue weighted by molar-refractivity contribution is 6.30. The molecule has 5 nitrogen and oxygen atoms in total. The largest absolute Gasteiger partial charge is 0.419 e. The lowest BCUT2D eigenvalue weighted by atomic mass is 9.80. The summed E-state index contributed by atoms with van der Waals surface area (Å²) in [6, 6.07) is 6.97. The quantitative estimate of drug-likeness (QED) is 0.654. The van der Waals surface area contributed by atoms with Crippen LogP contribution < -0.4 is 0 Å². The van der Waals surface area contributed by atoms with E-state index in [-0.39, 0.29) is 37.2 Å². The van der Waals surface area contributed by atoms with Crippen molar-refractivity contribution >= 4 is 17.5 Å². The van der Waals surface area contributed by atoms with E-state index in [1.165, 1.54) is 0 Å². The molecule has 2 aromatic rings. The first-order valence-corrected chi connectivity index (χ1v) is 10.1. The van der Waals surface area contributed by atoms with Crippen LogP contribution >= 0.6 is 11.6 Å². The number of hydrogen-bond acceptors (Lipinski definition) is 4. The van der Waals surface area contributed by atoms with E-state index in [4.69, 9.17) is 16.0 Å². The molecule has 29 heavy (non-hydrogen) atoms. The lowest BCUT2D eigenvalue weighted by Crippen LogP contribution is -2.41. The van der Waals surface area contributed by atoms with Crippen molar-refractivity contribution in [1.29, 1.82) is 0 Å². The standard InChI is InChI=1S/C20H21ClF3N3O2/c21-15-6-4-12(5-7-15)18-26-25-17(29-18)11-27(16-8-9-16)19(28)13-2-1-3-14(10-13)20(22,23)24/h4-7,13-14,16H,1-3,8-11H2. The number of hydrogen-bond donors (Lipinski definition) is 0. The highest BCUT2D eigenvalue weighted by atomic mass is 35.5. The van der Waals surface area contributed by atoms with Crippen LogP contribution in [0.25, 0.3) is 11.5 Å². The predicted molar refractivity (Wildman–Crippen MR) is 99.8 cm³/mol. The summed E-state index contributed by atoms with van der Waals surface area (Å²) >= 11 is 5.88. The van der Waals surface area contributed by atoms with Crippen LogP contribution in [0.3, 0.4) is 0 Å². The van der Waals surface area contributed by atoms with Gasteiger partial charge in [0.25, 0.3) is 0 Å². The van der Waals surface area contributed by atoms with Gasteiger partial charge in [-0.25, -0.2) is 0 Å². The average molecular weight is 428 g/mol. The monoisotopic (exact) mass is 427 g/mol. The Hall–Kier alpha value is -2.09. The molecule has 2 aliphatic carbocycles. The zero-order chi connectivity index (χ0) is 20.6. The van der Waals surface area contributed by atoms with Crippen LogP contribution in [-0.4, -0.2) is 33.2 Å². The molecule has 1 aromatic carbocycles. The number of nitrogens with zero attached hydrogens (tertiary/aromatic N) is 3. The van der Waals surface area contributed by atoms with Crippen molar-refractivity contribution in [2.24, 2.45) is 11.8 Å². The molecule has 4 rings (SSSR count). The Kier molecular flexibility index (Phi) is 5.55. The number of amides is 1. The zero-order valence-corrected chi connectivity index (χ0v) is 16.4. The maximum atomic E-state index is 13.1. The molecule has 2 unspecified atom stereocenters. The molecule has 156 valence electrons. The molecule has 1 aromatic heterocycles. The van der Waals surface area contributed by atoms with Gasteiger partial charge in [-0.3, -0.25) is 4.79 Å². The van der Waals surface area contributed by atoms with E-state index < -0.39 is 18.0 Å². The molecule has 0 N–H and O–H groups in total. The summed E-state index contributed by atoms with van der Waals surface area (Å²) in [7, 11) is 0. The van der Waals surface area contributed by atoms with Gasteiger partial charge in [0, 0.05) is 22.5 Å². The molecule has 0 spiro atoms. The van der Waals surface area contributed by atoms with Gasteiger partial charge in [0.05, 0.1) is 12.5 Å². The van der Waals surface area contributed by atoms with Crippen molar-refractivity contribution in [3.63, 3.8) is 0 Å². The number of carbonyl (C=O) groups is 1. The Morgan fingerprint density at radius 1 is 1.14 bits per heavy atom. The summed E-state index contributed by atoms with van der Waals surface area (Å²) in [6.07, 6.45) is -1.67. The molecule has 2 fully saturated rings. The topological polar surface area (TPSA) is 59.2 Å². The fraction of sp³-hybridized carbons (Fsp3) is 0.550. The maximum Gasteiger partial charge on any atom is 0.391 e. The molecule has 0 radical (unpaired) electrons. The van der Waals surface area contributed by atoms with E-state index in [9.17, 15) is 18.0 Å². The number of benzene rings is 1. The summed E-state index contributed by atoms with van der Waals surface area (Å²) < 4.78 is 45.0. The Bertz CT molecular complexity index is 865. The molecule has 1 amide bonds. The van der Waals surface area contributed by atoms with Crippen LogP contribution in [0.2, 0.25) is 5.02 Å². The van der Waals surface area contributed by atoms with E-state index in [2.05, 4.69) is 10.2 Å². The smallest absolute Gasteiger partial charge is 0.391 e. The third-order valence-corrected chi connectivity index (χ3v) is 5.87. The van der Waals surface area contributed by atoms with Gasteiger partial charge in [-0.2, -0.15) is 13.2 Å². The molecule has 1 heterocycles. The summed E-state index contributed by atoms with van der Waals surface area (Å²) in [6.45, 7) is 0.122. The van der Waals surface area contributed by atoms with E-state index in [0.29, 0.717) is 29.3 Å². The number of alkyl halides is 3. The van der Waals surface area contributed by atoms with Crippen LogP contribution in [-0.2, 0) is 11.3 Å². The fourth-order valence-electron chi connectivity index (χ4n) is 3.89. The van der Waals surface area contributed by atoms with Gasteiger partial charge in [-0.05, 0) is 56.4 Å². The van der Waals surface area contributed by atoms with E-state index >= 15 is 0 Å². The van der Waals surface area contributed by atoms with Crippen LogP contribution in [0.4, 0.5) is 13.2 Å². The van der Waals surface area contributed by atoms with E-state index in [1.54, 1.807) is 29.2 Å². The Morgan fingerprint density at radius 3 is 2.52 bits per heavy atom. The normalized spacial score (nSPS) is 22.5. The summed E-state index contributed by atoms with van der Waals surface area (Å²) in [4.78, 5) is 14.7. The molecular formula is C20H21ClF3N3O2. The molecule has 0 aliphatic heterocycles. The van der Waals surface area contributed by atoms with Gasteiger partial charge in [0.15, 0.2) is 0 Å². The molecule has 2 aliphatic rings. The Balaban J connectivity index is 1.46. The predicted octanol–water partition coefficient (Wildman–Crippen LogP) is 5.25. The molecule has 9 heteroatoms. The maximum absolute atomic E-state index is 13.1. The average Bonchev–Trinajstić information content (AvgIpc) is 3.43. The molecular weight excluding hydrogens is 407 g/mol. The first kappa shape index (κ1) is 20.2. The minimum absolute atomic E-state index is 0.0413. The first-order valence-electron chi connectivity index (χ1n) is 9.77. The molecule has 2 saturated carbocycles. The highest BCUT2D eigenvalue weighted by Crippen LogP contribution is 2.41. The van der Waals surface area contributed by atoms with Crippen molar-refractivity contribution in [1.82, 2.24) is 15.1 Å². The molecule has 2 atom stereocenters. The summed E-state index contributed by atoms with van der Waals surface area (Å²) in [5.74, 6) is -1.64. The fourth-order valence-corrected chi connectivity index (χ4v) is 4.02. The minimum atomic E-state index is -4.25. The van der Waals surface area contributed by atoms with Gasteiger partial charge < -0.3 is 9.32 Å². The van der Waals surface area contributed by atoms with Crippen molar-refractivity contribution in [3.8, 4) is 11.5 Å². The second kappa shape index (κ2) is 7.97.